The van der Waals surface area contributed by atoms with Crippen LogP contribution in [0.5, 0.6) is 0 Å². The molecule has 0 N–H and O–H groups in total. The Bertz CT molecular complexity index is 192. The lowest BCUT2D eigenvalue weighted by Gasteiger charge is -2.03. The number of ether oxygens (including phenoxy) is 1. The number of allylic oxidation sites excluding steroid dienone is 1. The minimum atomic E-state index is -0.270. The van der Waals surface area contributed by atoms with Crippen LogP contribution in [0.3, 0.4) is 0 Å². The standard InChI is InChI=1S/C11H18O2/c1-4-7-8-9-13-11(12)10(5-2)6-3/h5-6H,2,4,7-9H2,1,3H3. The van der Waals surface area contributed by atoms with E-state index in [4.69, 9.17) is 4.74 Å². The number of hydrogen-bond acceptors (Lipinski definition) is 2. The van der Waals surface area contributed by atoms with E-state index in [9.17, 15) is 4.79 Å². The van der Waals surface area contributed by atoms with Gasteiger partial charge in [0.25, 0.3) is 0 Å². The summed E-state index contributed by atoms with van der Waals surface area (Å²) in [6.45, 7) is 7.95. The average Bonchev–Trinajstić information content (AvgIpc) is 2.14. The third-order valence-corrected chi connectivity index (χ3v) is 1.75. The quantitative estimate of drug-likeness (QED) is 0.273. The average molecular weight is 182 g/mol. The molecule has 0 rings (SSSR count). The van der Waals surface area contributed by atoms with Gasteiger partial charge >= 0.3 is 5.97 Å². The van der Waals surface area contributed by atoms with Crippen molar-refractivity contribution in [1.82, 2.24) is 0 Å². The van der Waals surface area contributed by atoms with Gasteiger partial charge in [-0.2, -0.15) is 0 Å². The maximum Gasteiger partial charge on any atom is 0.337 e. The first-order valence-corrected chi connectivity index (χ1v) is 4.72. The van der Waals surface area contributed by atoms with Crippen LogP contribution in [-0.4, -0.2) is 12.6 Å². The molecule has 74 valence electrons. The molecule has 0 bridgehead atoms. The molecule has 2 heteroatoms. The largest absolute Gasteiger partial charge is 0.462 e. The molecule has 0 heterocycles. The van der Waals surface area contributed by atoms with Gasteiger partial charge in [-0.3, -0.25) is 0 Å². The van der Waals surface area contributed by atoms with Crippen LogP contribution >= 0.6 is 0 Å². The van der Waals surface area contributed by atoms with Gasteiger partial charge in [-0.15, -0.1) is 0 Å². The first-order chi connectivity index (χ1) is 6.26. The number of esters is 1. The van der Waals surface area contributed by atoms with Crippen molar-refractivity contribution in [3.63, 3.8) is 0 Å². The minimum Gasteiger partial charge on any atom is -0.462 e. The van der Waals surface area contributed by atoms with Gasteiger partial charge in [-0.1, -0.05) is 38.5 Å². The van der Waals surface area contributed by atoms with Crippen LogP contribution in [0, 0.1) is 0 Å². The molecule has 0 radical (unpaired) electrons. The van der Waals surface area contributed by atoms with Crippen LogP contribution in [-0.2, 0) is 9.53 Å². The van der Waals surface area contributed by atoms with Gasteiger partial charge in [0.15, 0.2) is 0 Å². The van der Waals surface area contributed by atoms with E-state index in [1.54, 1.807) is 13.0 Å². The highest BCUT2D eigenvalue weighted by Gasteiger charge is 2.04. The van der Waals surface area contributed by atoms with E-state index in [0.717, 1.165) is 19.3 Å². The Labute approximate surface area is 80.3 Å². The summed E-state index contributed by atoms with van der Waals surface area (Å²) in [7, 11) is 0. The topological polar surface area (TPSA) is 26.3 Å². The third kappa shape index (κ3) is 5.23. The molecule has 0 amide bonds. The summed E-state index contributed by atoms with van der Waals surface area (Å²) in [6.07, 6.45) is 6.40. The molecule has 0 aliphatic heterocycles. The molecule has 0 aromatic heterocycles. The van der Waals surface area contributed by atoms with Gasteiger partial charge in [-0.25, -0.2) is 4.79 Å². The van der Waals surface area contributed by atoms with Gasteiger partial charge < -0.3 is 4.74 Å². The number of unbranched alkanes of at least 4 members (excludes halogenated alkanes) is 2. The monoisotopic (exact) mass is 182 g/mol. The Morgan fingerprint density at radius 1 is 1.46 bits per heavy atom. The van der Waals surface area contributed by atoms with E-state index in [2.05, 4.69) is 13.5 Å². The lowest BCUT2D eigenvalue weighted by atomic mass is 10.2. The maximum absolute atomic E-state index is 11.2. The van der Waals surface area contributed by atoms with Crippen molar-refractivity contribution in [2.45, 2.75) is 33.1 Å². The second-order valence-corrected chi connectivity index (χ2v) is 2.79. The van der Waals surface area contributed by atoms with Gasteiger partial charge in [-0.05, 0) is 13.3 Å². The lowest BCUT2D eigenvalue weighted by Crippen LogP contribution is -2.07. The molecule has 0 unspecified atom stereocenters. The Kier molecular flexibility index (Phi) is 6.98. The Hall–Kier alpha value is -1.05. The van der Waals surface area contributed by atoms with E-state index in [-0.39, 0.29) is 5.97 Å². The van der Waals surface area contributed by atoms with E-state index < -0.39 is 0 Å². The van der Waals surface area contributed by atoms with Gasteiger partial charge in [0, 0.05) is 0 Å². The Morgan fingerprint density at radius 2 is 2.15 bits per heavy atom. The van der Waals surface area contributed by atoms with Gasteiger partial charge in [0.05, 0.1) is 12.2 Å². The van der Waals surface area contributed by atoms with Crippen LogP contribution in [0.1, 0.15) is 33.1 Å². The molecular formula is C11H18O2. The Balaban J connectivity index is 3.68. The second-order valence-electron chi connectivity index (χ2n) is 2.79. The summed E-state index contributed by atoms with van der Waals surface area (Å²) in [5.41, 5.74) is 0.538. The fraction of sp³-hybridized carbons (Fsp3) is 0.545. The molecule has 0 aromatic rings. The molecule has 0 saturated heterocycles. The van der Waals surface area contributed by atoms with Crippen molar-refractivity contribution in [3.8, 4) is 0 Å². The van der Waals surface area contributed by atoms with Gasteiger partial charge in [0.2, 0.25) is 0 Å². The second kappa shape index (κ2) is 7.59. The summed E-state index contributed by atoms with van der Waals surface area (Å²) in [6, 6.07) is 0. The predicted molar refractivity (Wildman–Crippen MR) is 54.4 cm³/mol. The van der Waals surface area contributed by atoms with Crippen molar-refractivity contribution in [3.05, 3.63) is 24.3 Å². The first kappa shape index (κ1) is 11.9. The number of carbonyl (C=O) groups excluding carboxylic acids is 1. The lowest BCUT2D eigenvalue weighted by molar-refractivity contribution is -0.138. The summed E-state index contributed by atoms with van der Waals surface area (Å²) >= 11 is 0. The molecule has 0 aliphatic carbocycles. The van der Waals surface area contributed by atoms with E-state index in [0.29, 0.717) is 12.2 Å². The summed E-state index contributed by atoms with van der Waals surface area (Å²) < 4.78 is 5.01. The predicted octanol–water partition coefficient (Wildman–Crippen LogP) is 2.85. The zero-order chi connectivity index (χ0) is 10.1. The zero-order valence-electron chi connectivity index (χ0n) is 8.51. The van der Waals surface area contributed by atoms with Crippen molar-refractivity contribution in [1.29, 1.82) is 0 Å². The van der Waals surface area contributed by atoms with Crippen LogP contribution in [0.4, 0.5) is 0 Å². The summed E-state index contributed by atoms with van der Waals surface area (Å²) in [5, 5.41) is 0. The van der Waals surface area contributed by atoms with Crippen LogP contribution in [0.2, 0.25) is 0 Å². The zero-order valence-corrected chi connectivity index (χ0v) is 8.51. The molecule has 0 saturated carbocycles. The van der Waals surface area contributed by atoms with Crippen LogP contribution in [0.15, 0.2) is 24.3 Å². The molecule has 2 nitrogen and oxygen atoms in total. The van der Waals surface area contributed by atoms with Crippen LogP contribution in [0.25, 0.3) is 0 Å². The van der Waals surface area contributed by atoms with Crippen molar-refractivity contribution >= 4 is 5.97 Å². The van der Waals surface area contributed by atoms with Crippen LogP contribution < -0.4 is 0 Å². The normalized spacial score (nSPS) is 11.1. The highest BCUT2D eigenvalue weighted by Crippen LogP contribution is 2.01. The molecule has 0 fully saturated rings. The number of rotatable bonds is 6. The van der Waals surface area contributed by atoms with Crippen molar-refractivity contribution < 1.29 is 9.53 Å². The SMILES string of the molecule is C=CC(=CC)C(=O)OCCCCC. The highest BCUT2D eigenvalue weighted by molar-refractivity contribution is 5.91. The molecular weight excluding hydrogens is 164 g/mol. The molecule has 13 heavy (non-hydrogen) atoms. The smallest absolute Gasteiger partial charge is 0.337 e. The number of carbonyl (C=O) groups is 1. The molecule has 0 aromatic carbocycles. The first-order valence-electron chi connectivity index (χ1n) is 4.72. The minimum absolute atomic E-state index is 0.270. The molecule has 0 atom stereocenters. The highest BCUT2D eigenvalue weighted by atomic mass is 16.5. The summed E-state index contributed by atoms with van der Waals surface area (Å²) in [4.78, 5) is 11.2. The fourth-order valence-electron chi connectivity index (χ4n) is 0.919. The Morgan fingerprint density at radius 3 is 2.62 bits per heavy atom. The molecule has 0 spiro atoms. The third-order valence-electron chi connectivity index (χ3n) is 1.75. The number of hydrogen-bond donors (Lipinski definition) is 0. The van der Waals surface area contributed by atoms with Crippen molar-refractivity contribution in [2.75, 3.05) is 6.61 Å². The van der Waals surface area contributed by atoms with E-state index in [1.807, 2.05) is 0 Å². The van der Waals surface area contributed by atoms with E-state index in [1.165, 1.54) is 6.08 Å². The van der Waals surface area contributed by atoms with Crippen molar-refractivity contribution in [2.24, 2.45) is 0 Å². The fourth-order valence-corrected chi connectivity index (χ4v) is 0.919. The van der Waals surface area contributed by atoms with E-state index >= 15 is 0 Å². The van der Waals surface area contributed by atoms with Gasteiger partial charge in [0.1, 0.15) is 0 Å². The molecule has 0 aliphatic rings. The maximum atomic E-state index is 11.2. The summed E-state index contributed by atoms with van der Waals surface area (Å²) in [5.74, 6) is -0.270.